The predicted octanol–water partition coefficient (Wildman–Crippen LogP) is 14.9. The molecule has 0 heterocycles. The van der Waals surface area contributed by atoms with Crippen LogP contribution in [0.4, 0.5) is 0 Å². The fourth-order valence-electron chi connectivity index (χ4n) is 7.12. The largest absolute Gasteiger partial charge is 0.478 e. The maximum Gasteiger partial charge on any atom is 0.339 e. The van der Waals surface area contributed by atoms with E-state index < -0.39 is 32.4 Å². The van der Waals surface area contributed by atoms with Gasteiger partial charge in [0.25, 0.3) is 0 Å². The third-order valence-electron chi connectivity index (χ3n) is 12.1. The number of allylic oxidation sites excluding steroid dienone is 1. The summed E-state index contributed by atoms with van der Waals surface area (Å²) in [6.07, 6.45) is 37.3. The summed E-state index contributed by atoms with van der Waals surface area (Å²) in [5.74, 6) is -1.99. The van der Waals surface area contributed by atoms with E-state index in [1.165, 1.54) is 147 Å². The minimum Gasteiger partial charge on any atom is -0.478 e. The SMILES string of the molecule is CCCCCCCCCCCCC/C=C/[C@@H](OC(=O)c1ccccc1C(=O)O)[C@H](CO[Si](C)(C)C(C)(C)C)NC(=O)CCCCCCCCCCCCCCCCC. The highest BCUT2D eigenvalue weighted by Gasteiger charge is 2.39. The second-order valence-electron chi connectivity index (χ2n) is 18.4. The van der Waals surface area contributed by atoms with Crippen LogP contribution in [-0.4, -0.2) is 50.0 Å². The summed E-state index contributed by atoms with van der Waals surface area (Å²) in [4.78, 5) is 39.1. The number of ether oxygens (including phenoxy) is 1. The van der Waals surface area contributed by atoms with Crippen LogP contribution < -0.4 is 5.32 Å². The van der Waals surface area contributed by atoms with Gasteiger partial charge in [-0.2, -0.15) is 0 Å². The molecule has 0 bridgehead atoms. The van der Waals surface area contributed by atoms with Crippen molar-refractivity contribution >= 4 is 26.2 Å². The normalized spacial score (nSPS) is 13.2. The van der Waals surface area contributed by atoms with Gasteiger partial charge in [0.1, 0.15) is 6.10 Å². The van der Waals surface area contributed by atoms with Crippen molar-refractivity contribution in [1.29, 1.82) is 0 Å². The minimum atomic E-state index is -2.22. The number of unbranched alkanes of at least 4 members (excludes halogenated alkanes) is 25. The van der Waals surface area contributed by atoms with Crippen molar-refractivity contribution in [2.24, 2.45) is 0 Å². The first-order valence-corrected chi connectivity index (χ1v) is 26.9. The van der Waals surface area contributed by atoms with Crippen molar-refractivity contribution in [2.75, 3.05) is 6.61 Å². The van der Waals surface area contributed by atoms with E-state index in [1.807, 2.05) is 6.08 Å². The first kappa shape index (κ1) is 53.6. The molecule has 1 amide bonds. The Hall–Kier alpha value is -2.45. The molecule has 1 aromatic rings. The Morgan fingerprint density at radius 3 is 1.50 bits per heavy atom. The molecule has 58 heavy (non-hydrogen) atoms. The van der Waals surface area contributed by atoms with Crippen molar-refractivity contribution in [2.45, 2.75) is 245 Å². The van der Waals surface area contributed by atoms with Gasteiger partial charge in [-0.15, -0.1) is 0 Å². The Bertz CT molecular complexity index is 1240. The Labute approximate surface area is 357 Å². The number of esters is 1. The lowest BCUT2D eigenvalue weighted by Crippen LogP contribution is -2.51. The molecule has 0 aromatic heterocycles. The van der Waals surface area contributed by atoms with Crippen LogP contribution in [0.2, 0.25) is 18.1 Å². The number of carboxylic acid groups (broad SMARTS) is 1. The first-order valence-electron chi connectivity index (χ1n) is 24.0. The average Bonchev–Trinajstić information content (AvgIpc) is 3.18. The molecular formula is C50H89NO6Si. The number of nitrogens with one attached hydrogen (secondary N) is 1. The molecule has 2 N–H and O–H groups in total. The number of rotatable bonds is 37. The number of carboxylic acids is 1. The summed E-state index contributed by atoms with van der Waals surface area (Å²) < 4.78 is 12.8. The van der Waals surface area contributed by atoms with Crippen molar-refractivity contribution in [3.05, 3.63) is 47.5 Å². The number of hydrogen-bond donors (Lipinski definition) is 2. The molecule has 1 aromatic carbocycles. The Balaban J connectivity index is 2.85. The van der Waals surface area contributed by atoms with Gasteiger partial charge in [-0.1, -0.05) is 207 Å². The van der Waals surface area contributed by atoms with Gasteiger partial charge in [0.05, 0.1) is 23.8 Å². The van der Waals surface area contributed by atoms with Crippen molar-refractivity contribution in [1.82, 2.24) is 5.32 Å². The van der Waals surface area contributed by atoms with Gasteiger partial charge >= 0.3 is 11.9 Å². The zero-order chi connectivity index (χ0) is 42.9. The van der Waals surface area contributed by atoms with E-state index in [0.717, 1.165) is 38.5 Å². The third-order valence-corrected chi connectivity index (χ3v) is 16.6. The van der Waals surface area contributed by atoms with Gasteiger partial charge in [0.2, 0.25) is 5.91 Å². The number of carbonyl (C=O) groups excluding carboxylic acids is 2. The smallest absolute Gasteiger partial charge is 0.339 e. The number of aromatic carboxylic acids is 1. The lowest BCUT2D eigenvalue weighted by atomic mass is 10.0. The molecule has 0 saturated heterocycles. The summed E-state index contributed by atoms with van der Waals surface area (Å²) in [5, 5.41) is 12.9. The topological polar surface area (TPSA) is 102 Å². The second-order valence-corrected chi connectivity index (χ2v) is 23.2. The molecule has 0 aliphatic carbocycles. The monoisotopic (exact) mass is 828 g/mol. The maximum absolute atomic E-state index is 13.6. The summed E-state index contributed by atoms with van der Waals surface area (Å²) in [6.45, 7) is 15.6. The molecule has 334 valence electrons. The minimum absolute atomic E-state index is 0.00744. The zero-order valence-corrected chi connectivity index (χ0v) is 39.6. The highest BCUT2D eigenvalue weighted by atomic mass is 28.4. The van der Waals surface area contributed by atoms with Crippen LogP contribution in [0.5, 0.6) is 0 Å². The standard InChI is InChI=1S/C50H89NO6Si/c1-8-10-12-14-16-18-20-22-23-25-27-29-31-33-35-41-47(52)51-45(42-56-58(6,7)50(3,4)5)46(57-49(55)44-39-37-36-38-43(44)48(53)54)40-34-32-30-28-26-24-21-19-17-15-13-11-9-2/h34,36-40,45-46H,8-33,35,41-42H2,1-7H3,(H,51,52)(H,53,54)/b40-34+/t45-,46+/m0/s1. The molecule has 8 heteroatoms. The van der Waals surface area contributed by atoms with E-state index in [0.29, 0.717) is 6.42 Å². The van der Waals surface area contributed by atoms with Gasteiger partial charge in [-0.3, -0.25) is 4.79 Å². The number of carbonyl (C=O) groups is 3. The molecule has 0 aliphatic heterocycles. The fourth-order valence-corrected chi connectivity index (χ4v) is 8.15. The van der Waals surface area contributed by atoms with Crippen LogP contribution >= 0.6 is 0 Å². The van der Waals surface area contributed by atoms with Gasteiger partial charge < -0.3 is 19.6 Å². The molecule has 0 spiro atoms. The Morgan fingerprint density at radius 2 is 1.07 bits per heavy atom. The van der Waals surface area contributed by atoms with Gasteiger partial charge in [-0.05, 0) is 55.6 Å². The molecule has 0 aliphatic rings. The van der Waals surface area contributed by atoms with Gasteiger partial charge in [0.15, 0.2) is 8.32 Å². The van der Waals surface area contributed by atoms with Crippen LogP contribution in [-0.2, 0) is 14.0 Å². The van der Waals surface area contributed by atoms with E-state index in [2.05, 4.69) is 59.1 Å². The lowest BCUT2D eigenvalue weighted by molar-refractivity contribution is -0.123. The van der Waals surface area contributed by atoms with Gasteiger partial charge in [-0.25, -0.2) is 9.59 Å². The molecule has 1 rings (SSSR count). The second kappa shape index (κ2) is 33.3. The quantitative estimate of drug-likeness (QED) is 0.0300. The molecule has 0 radical (unpaired) electrons. The highest BCUT2D eigenvalue weighted by molar-refractivity contribution is 6.74. The highest BCUT2D eigenvalue weighted by Crippen LogP contribution is 2.36. The van der Waals surface area contributed by atoms with Crippen LogP contribution in [0.1, 0.15) is 235 Å². The molecule has 2 atom stereocenters. The number of benzene rings is 1. The predicted molar refractivity (Wildman–Crippen MR) is 247 cm³/mol. The summed E-state index contributed by atoms with van der Waals surface area (Å²) in [6, 6.07) is 5.51. The van der Waals surface area contributed by atoms with Crippen LogP contribution in [0.15, 0.2) is 36.4 Å². The van der Waals surface area contributed by atoms with Crippen LogP contribution in [0.3, 0.4) is 0 Å². The van der Waals surface area contributed by atoms with E-state index in [9.17, 15) is 19.5 Å². The van der Waals surface area contributed by atoms with Crippen molar-refractivity contribution < 1.29 is 28.7 Å². The Morgan fingerprint density at radius 1 is 0.655 bits per heavy atom. The average molecular weight is 828 g/mol. The van der Waals surface area contributed by atoms with E-state index in [-0.39, 0.29) is 28.7 Å². The molecule has 0 unspecified atom stereocenters. The van der Waals surface area contributed by atoms with Crippen LogP contribution in [0, 0.1) is 0 Å². The van der Waals surface area contributed by atoms with E-state index >= 15 is 0 Å². The molecule has 0 saturated carbocycles. The number of hydrogen-bond acceptors (Lipinski definition) is 5. The molecule has 0 fully saturated rings. The third kappa shape index (κ3) is 25.9. The molecule has 7 nitrogen and oxygen atoms in total. The first-order chi connectivity index (χ1) is 27.8. The zero-order valence-electron chi connectivity index (χ0n) is 38.6. The fraction of sp³-hybridized carbons (Fsp3) is 0.780. The summed E-state index contributed by atoms with van der Waals surface area (Å²) >= 11 is 0. The van der Waals surface area contributed by atoms with Crippen molar-refractivity contribution in [3.63, 3.8) is 0 Å². The maximum atomic E-state index is 13.6. The van der Waals surface area contributed by atoms with E-state index in [1.54, 1.807) is 12.1 Å². The lowest BCUT2D eigenvalue weighted by Gasteiger charge is -2.38. The summed E-state index contributed by atoms with van der Waals surface area (Å²) in [7, 11) is -2.22. The summed E-state index contributed by atoms with van der Waals surface area (Å²) in [5.41, 5.74) is -0.116. The molecular weight excluding hydrogens is 739 g/mol. The Kier molecular flexibility index (Phi) is 30.7. The van der Waals surface area contributed by atoms with Crippen LogP contribution in [0.25, 0.3) is 0 Å². The van der Waals surface area contributed by atoms with E-state index in [4.69, 9.17) is 9.16 Å². The van der Waals surface area contributed by atoms with Crippen molar-refractivity contribution in [3.8, 4) is 0 Å². The number of amides is 1. The van der Waals surface area contributed by atoms with Gasteiger partial charge in [0, 0.05) is 6.42 Å².